The van der Waals surface area contributed by atoms with E-state index in [9.17, 15) is 0 Å². The summed E-state index contributed by atoms with van der Waals surface area (Å²) in [5.41, 5.74) is 1.03. The fourth-order valence-corrected chi connectivity index (χ4v) is 1.82. The Balaban J connectivity index is 2.71. The van der Waals surface area contributed by atoms with E-state index in [-0.39, 0.29) is 5.90 Å². The molecule has 0 aromatic heterocycles. The van der Waals surface area contributed by atoms with Crippen LogP contribution in [0.3, 0.4) is 0 Å². The molecule has 0 heterocycles. The highest BCUT2D eigenvalue weighted by Gasteiger charge is 2.04. The number of methoxy groups -OCH3 is 1. The van der Waals surface area contributed by atoms with Crippen molar-refractivity contribution in [2.75, 3.05) is 13.7 Å². The van der Waals surface area contributed by atoms with Crippen LogP contribution in [-0.2, 0) is 11.2 Å². The zero-order chi connectivity index (χ0) is 11.3. The highest BCUT2D eigenvalue weighted by Crippen LogP contribution is 2.25. The standard InChI is InChI=1S/C11H14BrNO2/c1-3-15-11(13)7-8-4-5-10(14-2)9(12)6-8/h4-6,13H,3,7H2,1-2H3. The Morgan fingerprint density at radius 3 is 2.73 bits per heavy atom. The van der Waals surface area contributed by atoms with Gasteiger partial charge in [0.15, 0.2) is 5.90 Å². The fraction of sp³-hybridized carbons (Fsp3) is 0.364. The third kappa shape index (κ3) is 3.55. The van der Waals surface area contributed by atoms with Gasteiger partial charge in [0.2, 0.25) is 0 Å². The lowest BCUT2D eigenvalue weighted by Crippen LogP contribution is -2.06. The minimum atomic E-state index is 0.287. The number of rotatable bonds is 4. The van der Waals surface area contributed by atoms with Gasteiger partial charge in [-0.15, -0.1) is 0 Å². The number of ether oxygens (including phenoxy) is 2. The van der Waals surface area contributed by atoms with Crippen LogP contribution in [0, 0.1) is 5.41 Å². The van der Waals surface area contributed by atoms with Crippen LogP contribution in [0.15, 0.2) is 22.7 Å². The first-order chi connectivity index (χ1) is 7.17. The molecule has 0 saturated carbocycles. The van der Waals surface area contributed by atoms with Crippen LogP contribution in [0.25, 0.3) is 0 Å². The summed E-state index contributed by atoms with van der Waals surface area (Å²) in [7, 11) is 1.63. The van der Waals surface area contributed by atoms with E-state index < -0.39 is 0 Å². The van der Waals surface area contributed by atoms with Crippen molar-refractivity contribution in [1.82, 2.24) is 0 Å². The van der Waals surface area contributed by atoms with Crippen molar-refractivity contribution in [3.05, 3.63) is 28.2 Å². The molecular weight excluding hydrogens is 258 g/mol. The topological polar surface area (TPSA) is 42.3 Å². The van der Waals surface area contributed by atoms with Crippen molar-refractivity contribution < 1.29 is 9.47 Å². The maximum Gasteiger partial charge on any atom is 0.184 e. The largest absolute Gasteiger partial charge is 0.496 e. The quantitative estimate of drug-likeness (QED) is 0.676. The second-order valence-corrected chi connectivity index (χ2v) is 3.86. The minimum absolute atomic E-state index is 0.287. The van der Waals surface area contributed by atoms with Crippen LogP contribution in [0.4, 0.5) is 0 Å². The van der Waals surface area contributed by atoms with Gasteiger partial charge in [-0.3, -0.25) is 5.41 Å². The molecule has 0 unspecified atom stereocenters. The molecule has 0 aliphatic heterocycles. The molecule has 0 aliphatic rings. The van der Waals surface area contributed by atoms with Crippen molar-refractivity contribution in [1.29, 1.82) is 5.41 Å². The summed E-state index contributed by atoms with van der Waals surface area (Å²) in [5.74, 6) is 1.08. The van der Waals surface area contributed by atoms with Gasteiger partial charge in [0.05, 0.1) is 18.2 Å². The summed E-state index contributed by atoms with van der Waals surface area (Å²) in [5, 5.41) is 7.53. The fourth-order valence-electron chi connectivity index (χ4n) is 1.23. The van der Waals surface area contributed by atoms with Crippen molar-refractivity contribution in [2.24, 2.45) is 0 Å². The normalized spacial score (nSPS) is 9.80. The van der Waals surface area contributed by atoms with Gasteiger partial charge in [0.25, 0.3) is 0 Å². The van der Waals surface area contributed by atoms with E-state index in [1.165, 1.54) is 0 Å². The molecule has 0 atom stereocenters. The van der Waals surface area contributed by atoms with E-state index in [0.29, 0.717) is 13.0 Å². The summed E-state index contributed by atoms with van der Waals surface area (Å²) < 4.78 is 11.1. The van der Waals surface area contributed by atoms with Crippen LogP contribution in [0.1, 0.15) is 12.5 Å². The van der Waals surface area contributed by atoms with E-state index in [2.05, 4.69) is 15.9 Å². The molecule has 0 radical (unpaired) electrons. The average molecular weight is 272 g/mol. The molecule has 15 heavy (non-hydrogen) atoms. The van der Waals surface area contributed by atoms with Gasteiger partial charge in [-0.1, -0.05) is 6.07 Å². The first-order valence-corrected chi connectivity index (χ1v) is 5.49. The third-order valence-corrected chi connectivity index (χ3v) is 2.52. The number of nitrogens with one attached hydrogen (secondary N) is 1. The van der Waals surface area contributed by atoms with Gasteiger partial charge in [0.1, 0.15) is 5.75 Å². The molecule has 0 spiro atoms. The van der Waals surface area contributed by atoms with Gasteiger partial charge in [-0.25, -0.2) is 0 Å². The van der Waals surface area contributed by atoms with Gasteiger partial charge >= 0.3 is 0 Å². The minimum Gasteiger partial charge on any atom is -0.496 e. The van der Waals surface area contributed by atoms with E-state index >= 15 is 0 Å². The zero-order valence-electron chi connectivity index (χ0n) is 8.84. The van der Waals surface area contributed by atoms with Gasteiger partial charge in [-0.05, 0) is 40.5 Å². The Hall–Kier alpha value is -1.03. The maximum absolute atomic E-state index is 7.53. The van der Waals surface area contributed by atoms with Crippen molar-refractivity contribution >= 4 is 21.8 Å². The number of halogens is 1. The molecule has 1 aromatic carbocycles. The lowest BCUT2D eigenvalue weighted by atomic mass is 10.1. The average Bonchev–Trinajstić information content (AvgIpc) is 2.18. The van der Waals surface area contributed by atoms with Crippen LogP contribution in [0.5, 0.6) is 5.75 Å². The van der Waals surface area contributed by atoms with E-state index in [1.54, 1.807) is 7.11 Å². The Morgan fingerprint density at radius 1 is 1.47 bits per heavy atom. The molecule has 0 fully saturated rings. The van der Waals surface area contributed by atoms with Crippen molar-refractivity contribution in [2.45, 2.75) is 13.3 Å². The first-order valence-electron chi connectivity index (χ1n) is 4.70. The van der Waals surface area contributed by atoms with E-state index in [0.717, 1.165) is 15.8 Å². The molecule has 1 N–H and O–H groups in total. The Kier molecular flexibility index (Phi) is 4.62. The molecule has 0 amide bonds. The lowest BCUT2D eigenvalue weighted by Gasteiger charge is -2.07. The van der Waals surface area contributed by atoms with Gasteiger partial charge in [-0.2, -0.15) is 0 Å². The van der Waals surface area contributed by atoms with Crippen LogP contribution < -0.4 is 4.74 Å². The molecule has 82 valence electrons. The second-order valence-electron chi connectivity index (χ2n) is 3.00. The van der Waals surface area contributed by atoms with Crippen LogP contribution >= 0.6 is 15.9 Å². The van der Waals surface area contributed by atoms with Crippen molar-refractivity contribution in [3.8, 4) is 5.75 Å². The Morgan fingerprint density at radius 2 is 2.20 bits per heavy atom. The maximum atomic E-state index is 7.53. The molecule has 4 heteroatoms. The number of hydrogen-bond donors (Lipinski definition) is 1. The predicted molar refractivity (Wildman–Crippen MR) is 63.8 cm³/mol. The molecule has 3 nitrogen and oxygen atoms in total. The lowest BCUT2D eigenvalue weighted by molar-refractivity contribution is 0.317. The smallest absolute Gasteiger partial charge is 0.184 e. The van der Waals surface area contributed by atoms with Gasteiger partial charge in [0, 0.05) is 6.42 Å². The first kappa shape index (κ1) is 12.0. The monoisotopic (exact) mass is 271 g/mol. The van der Waals surface area contributed by atoms with E-state index in [4.69, 9.17) is 14.9 Å². The van der Waals surface area contributed by atoms with Crippen molar-refractivity contribution in [3.63, 3.8) is 0 Å². The predicted octanol–water partition coefficient (Wildman–Crippen LogP) is 3.01. The molecule has 0 saturated heterocycles. The van der Waals surface area contributed by atoms with Gasteiger partial charge < -0.3 is 9.47 Å². The van der Waals surface area contributed by atoms with E-state index in [1.807, 2.05) is 25.1 Å². The van der Waals surface area contributed by atoms with Crippen LogP contribution in [-0.4, -0.2) is 19.6 Å². The highest BCUT2D eigenvalue weighted by molar-refractivity contribution is 9.10. The zero-order valence-corrected chi connectivity index (χ0v) is 10.4. The molecular formula is C11H14BrNO2. The molecule has 1 aromatic rings. The van der Waals surface area contributed by atoms with Crippen LogP contribution in [0.2, 0.25) is 0 Å². The molecule has 0 bridgehead atoms. The Bertz CT molecular complexity index is 352. The second kappa shape index (κ2) is 5.75. The number of benzene rings is 1. The summed E-state index contributed by atoms with van der Waals surface area (Å²) in [4.78, 5) is 0. The Labute approximate surface area is 98.0 Å². The summed E-state index contributed by atoms with van der Waals surface area (Å²) in [6, 6.07) is 5.74. The highest BCUT2D eigenvalue weighted by atomic mass is 79.9. The number of hydrogen-bond acceptors (Lipinski definition) is 3. The summed E-state index contributed by atoms with van der Waals surface area (Å²) in [6.07, 6.45) is 0.510. The SMILES string of the molecule is CCOC(=N)Cc1ccc(OC)c(Br)c1. The molecule has 1 rings (SSSR count). The summed E-state index contributed by atoms with van der Waals surface area (Å²) >= 11 is 3.40. The third-order valence-electron chi connectivity index (χ3n) is 1.90. The summed E-state index contributed by atoms with van der Waals surface area (Å²) in [6.45, 7) is 2.41. The molecule has 0 aliphatic carbocycles.